The van der Waals surface area contributed by atoms with Crippen molar-refractivity contribution in [3.8, 4) is 17.3 Å². The smallest absolute Gasteiger partial charge is 0.408 e. The van der Waals surface area contributed by atoms with Gasteiger partial charge in [0.2, 0.25) is 0 Å². The molecule has 7 rings (SSSR count). The molecule has 3 aromatic heterocycles. The first kappa shape index (κ1) is 24.6. The molecule has 4 aromatic rings. The molecule has 2 saturated heterocycles. The molecule has 0 saturated carbocycles. The Kier molecular flexibility index (Phi) is 5.74. The number of halogens is 4. The van der Waals surface area contributed by atoms with Crippen LogP contribution in [0.2, 0.25) is 5.02 Å². The standard InChI is InChI=1S/C25H22ClF3N6O4/c26-15-5-16-23(33-24(31-16)39-19-10-38-21-18(36)9-37-22(19)21)32-20(15)12-1-3-14(4-2-12)34-7-13-6-30-35(17(13)8-34)11-25(27,28)29/h1-6,18-19,21-22,36H,7-11H2,(H,31,32,33)/t18-,19-,21?,22-/m1/s1. The number of hydrogen-bond donors (Lipinski definition) is 2. The van der Waals surface area contributed by atoms with Crippen LogP contribution in [0.1, 0.15) is 11.3 Å². The number of pyridine rings is 1. The van der Waals surface area contributed by atoms with Crippen LogP contribution in [0.5, 0.6) is 6.01 Å². The van der Waals surface area contributed by atoms with Crippen LogP contribution in [-0.2, 0) is 29.1 Å². The molecule has 2 N–H and O–H groups in total. The van der Waals surface area contributed by atoms with E-state index >= 15 is 0 Å². The lowest BCUT2D eigenvalue weighted by Crippen LogP contribution is -2.34. The van der Waals surface area contributed by atoms with Crippen molar-refractivity contribution >= 4 is 28.5 Å². The average Bonchev–Trinajstić information content (AvgIpc) is 3.69. The Bertz CT molecular complexity index is 1540. The van der Waals surface area contributed by atoms with E-state index in [2.05, 4.69) is 20.1 Å². The van der Waals surface area contributed by atoms with Crippen LogP contribution in [-0.4, -0.2) is 73.6 Å². The number of hydrogen-bond acceptors (Lipinski definition) is 8. The summed E-state index contributed by atoms with van der Waals surface area (Å²) >= 11 is 6.56. The number of alkyl halides is 3. The van der Waals surface area contributed by atoms with E-state index in [1.165, 1.54) is 6.20 Å². The number of nitrogens with one attached hydrogen (secondary N) is 1. The number of benzene rings is 1. The Morgan fingerprint density at radius 3 is 2.69 bits per heavy atom. The van der Waals surface area contributed by atoms with E-state index < -0.39 is 31.0 Å². The molecule has 204 valence electrons. The number of imidazole rings is 1. The van der Waals surface area contributed by atoms with Crippen molar-refractivity contribution in [3.63, 3.8) is 0 Å². The zero-order valence-electron chi connectivity index (χ0n) is 20.2. The average molecular weight is 563 g/mol. The summed E-state index contributed by atoms with van der Waals surface area (Å²) in [6.45, 7) is 0.191. The summed E-state index contributed by atoms with van der Waals surface area (Å²) < 4.78 is 56.8. The van der Waals surface area contributed by atoms with Gasteiger partial charge < -0.3 is 29.2 Å². The highest BCUT2D eigenvalue weighted by Crippen LogP contribution is 2.34. The van der Waals surface area contributed by atoms with Crippen LogP contribution >= 0.6 is 11.6 Å². The van der Waals surface area contributed by atoms with Crippen molar-refractivity contribution in [3.05, 3.63) is 52.8 Å². The van der Waals surface area contributed by atoms with Gasteiger partial charge in [0.25, 0.3) is 6.01 Å². The van der Waals surface area contributed by atoms with Gasteiger partial charge in [0.15, 0.2) is 11.8 Å². The van der Waals surface area contributed by atoms with Gasteiger partial charge in [-0.15, -0.1) is 0 Å². The van der Waals surface area contributed by atoms with Crippen molar-refractivity contribution in [2.45, 2.75) is 50.2 Å². The Balaban J connectivity index is 1.08. The normalized spacial score (nSPS) is 24.5. The third kappa shape index (κ3) is 4.48. The van der Waals surface area contributed by atoms with Crippen molar-refractivity contribution in [1.29, 1.82) is 0 Å². The van der Waals surface area contributed by atoms with Crippen LogP contribution < -0.4 is 9.64 Å². The highest BCUT2D eigenvalue weighted by Gasteiger charge is 2.48. The van der Waals surface area contributed by atoms with Crippen LogP contribution in [0.15, 0.2) is 36.5 Å². The maximum Gasteiger partial charge on any atom is 0.408 e. The number of aliphatic hydroxyl groups excluding tert-OH is 1. The summed E-state index contributed by atoms with van der Waals surface area (Å²) in [5.41, 5.74) is 4.52. The molecule has 14 heteroatoms. The fourth-order valence-corrected chi connectivity index (χ4v) is 5.63. The highest BCUT2D eigenvalue weighted by molar-refractivity contribution is 6.33. The molecule has 0 spiro atoms. The van der Waals surface area contributed by atoms with E-state index in [9.17, 15) is 18.3 Å². The van der Waals surface area contributed by atoms with Crippen LogP contribution in [0, 0.1) is 0 Å². The van der Waals surface area contributed by atoms with Crippen molar-refractivity contribution in [2.75, 3.05) is 18.1 Å². The van der Waals surface area contributed by atoms with E-state index in [-0.39, 0.29) is 25.3 Å². The number of nitrogens with zero attached hydrogens (tertiary/aromatic N) is 5. The highest BCUT2D eigenvalue weighted by atomic mass is 35.5. The Hall–Kier alpha value is -3.39. The maximum absolute atomic E-state index is 12.9. The minimum atomic E-state index is -4.33. The first-order valence-corrected chi connectivity index (χ1v) is 12.7. The molecule has 6 heterocycles. The summed E-state index contributed by atoms with van der Waals surface area (Å²) in [4.78, 5) is 14.1. The Labute approximate surface area is 224 Å². The zero-order valence-corrected chi connectivity index (χ0v) is 21.0. The summed E-state index contributed by atoms with van der Waals surface area (Å²) in [6.07, 6.45) is -4.70. The molecular formula is C25H22ClF3N6O4. The van der Waals surface area contributed by atoms with E-state index in [1.807, 2.05) is 29.2 Å². The van der Waals surface area contributed by atoms with Crippen molar-refractivity contribution < 1.29 is 32.5 Å². The summed E-state index contributed by atoms with van der Waals surface area (Å²) in [6, 6.07) is 9.47. The number of rotatable bonds is 5. The topological polar surface area (TPSA) is 111 Å². The molecule has 0 bridgehead atoms. The summed E-state index contributed by atoms with van der Waals surface area (Å²) in [5.74, 6) is 0. The van der Waals surface area contributed by atoms with E-state index in [0.717, 1.165) is 21.5 Å². The lowest BCUT2D eigenvalue weighted by molar-refractivity contribution is -0.143. The summed E-state index contributed by atoms with van der Waals surface area (Å²) in [7, 11) is 0. The van der Waals surface area contributed by atoms with E-state index in [4.69, 9.17) is 25.8 Å². The number of aromatic nitrogens is 5. The van der Waals surface area contributed by atoms with Crippen molar-refractivity contribution in [1.82, 2.24) is 24.7 Å². The Morgan fingerprint density at radius 2 is 1.90 bits per heavy atom. The molecular weight excluding hydrogens is 541 g/mol. The number of aromatic amines is 1. The number of aliphatic hydroxyl groups is 1. The van der Waals surface area contributed by atoms with Gasteiger partial charge >= 0.3 is 6.18 Å². The predicted octanol–water partition coefficient (Wildman–Crippen LogP) is 3.46. The van der Waals surface area contributed by atoms with E-state index in [0.29, 0.717) is 40.7 Å². The molecule has 2 fully saturated rings. The van der Waals surface area contributed by atoms with Gasteiger partial charge in [0, 0.05) is 23.4 Å². The third-order valence-electron chi connectivity index (χ3n) is 7.22. The third-order valence-corrected chi connectivity index (χ3v) is 7.51. The molecule has 10 nitrogen and oxygen atoms in total. The van der Waals surface area contributed by atoms with Gasteiger partial charge in [-0.1, -0.05) is 23.7 Å². The molecule has 0 aliphatic carbocycles. The molecule has 1 unspecified atom stereocenters. The lowest BCUT2D eigenvalue weighted by atomic mass is 10.1. The van der Waals surface area contributed by atoms with Crippen LogP contribution in [0.3, 0.4) is 0 Å². The van der Waals surface area contributed by atoms with Gasteiger partial charge in [-0.3, -0.25) is 4.68 Å². The number of H-pyrrole nitrogens is 1. The fraction of sp³-hybridized carbons (Fsp3) is 0.400. The predicted molar refractivity (Wildman–Crippen MR) is 132 cm³/mol. The minimum absolute atomic E-state index is 0.204. The first-order chi connectivity index (χ1) is 18.7. The largest absolute Gasteiger partial charge is 0.456 e. The van der Waals surface area contributed by atoms with Gasteiger partial charge in [0.05, 0.1) is 47.9 Å². The molecule has 39 heavy (non-hydrogen) atoms. The van der Waals surface area contributed by atoms with E-state index in [1.54, 1.807) is 6.07 Å². The molecule has 3 aliphatic heterocycles. The second-order valence-corrected chi connectivity index (χ2v) is 10.3. The quantitative estimate of drug-likeness (QED) is 0.381. The molecule has 3 aliphatic rings. The fourth-order valence-electron chi connectivity index (χ4n) is 5.37. The Morgan fingerprint density at radius 1 is 1.10 bits per heavy atom. The number of anilines is 1. The molecule has 4 atom stereocenters. The van der Waals surface area contributed by atoms with Gasteiger partial charge in [-0.05, 0) is 18.2 Å². The van der Waals surface area contributed by atoms with Crippen LogP contribution in [0.25, 0.3) is 22.4 Å². The van der Waals surface area contributed by atoms with Crippen molar-refractivity contribution in [2.24, 2.45) is 0 Å². The summed E-state index contributed by atoms with van der Waals surface area (Å²) in [5, 5.41) is 14.2. The van der Waals surface area contributed by atoms with Crippen LogP contribution in [0.4, 0.5) is 18.9 Å². The number of ether oxygens (including phenoxy) is 3. The van der Waals surface area contributed by atoms with Gasteiger partial charge in [-0.25, -0.2) is 4.98 Å². The monoisotopic (exact) mass is 562 g/mol. The van der Waals surface area contributed by atoms with Gasteiger partial charge in [0.1, 0.15) is 24.9 Å². The SMILES string of the molecule is O[C@@H]1CO[C@H]2C1OC[C@H]2Oc1nc2nc(-c3ccc(N4Cc5cnn(CC(F)(F)F)c5C4)cc3)c(Cl)cc2[nH]1. The number of fused-ring (bicyclic) bond motifs is 3. The molecule has 1 aromatic carbocycles. The maximum atomic E-state index is 12.9. The second kappa shape index (κ2) is 9.08. The first-order valence-electron chi connectivity index (χ1n) is 12.3. The lowest BCUT2D eigenvalue weighted by Gasteiger charge is -2.19. The van der Waals surface area contributed by atoms with Gasteiger partial charge in [-0.2, -0.15) is 23.3 Å². The minimum Gasteiger partial charge on any atom is -0.456 e. The molecule has 0 amide bonds. The molecule has 0 radical (unpaired) electrons. The zero-order chi connectivity index (χ0) is 26.9. The second-order valence-electron chi connectivity index (χ2n) is 9.84.